The van der Waals surface area contributed by atoms with Crippen molar-refractivity contribution in [1.29, 1.82) is 0 Å². The first-order valence-electron chi connectivity index (χ1n) is 10.4. The smallest absolute Gasteiger partial charge is 0.224 e. The molecule has 0 heterocycles. The number of amides is 1. The van der Waals surface area contributed by atoms with Gasteiger partial charge in [-0.15, -0.1) is 0 Å². The molecule has 1 amide bonds. The van der Waals surface area contributed by atoms with Crippen LogP contribution in [0.15, 0.2) is 35.3 Å². The molecule has 156 valence electrons. The van der Waals surface area contributed by atoms with E-state index in [0.29, 0.717) is 24.9 Å². The number of nitrogens with one attached hydrogen (secondary N) is 2. The zero-order valence-electron chi connectivity index (χ0n) is 17.7. The van der Waals surface area contributed by atoms with Crippen LogP contribution in [0.5, 0.6) is 0 Å². The SMILES string of the molecule is CCNC(=NCC1(CCOC)CCC1)NCCC(=O)N(C)Cc1ccccc1. The second kappa shape index (κ2) is 11.7. The highest BCUT2D eigenvalue weighted by atomic mass is 16.5. The van der Waals surface area contributed by atoms with E-state index >= 15 is 0 Å². The summed E-state index contributed by atoms with van der Waals surface area (Å²) in [6.07, 6.45) is 5.24. The molecule has 1 aliphatic carbocycles. The number of ether oxygens (including phenoxy) is 1. The first kappa shape index (κ1) is 22.2. The monoisotopic (exact) mass is 388 g/mol. The summed E-state index contributed by atoms with van der Waals surface area (Å²) in [6, 6.07) is 10.1. The predicted molar refractivity (Wildman–Crippen MR) is 114 cm³/mol. The molecule has 1 aromatic rings. The third kappa shape index (κ3) is 7.15. The molecule has 1 aliphatic rings. The molecular formula is C22H36N4O2. The van der Waals surface area contributed by atoms with Crippen LogP contribution in [0.2, 0.25) is 0 Å². The van der Waals surface area contributed by atoms with Crippen LogP contribution < -0.4 is 10.6 Å². The van der Waals surface area contributed by atoms with Crippen molar-refractivity contribution in [3.05, 3.63) is 35.9 Å². The third-order valence-electron chi connectivity index (χ3n) is 5.49. The molecule has 2 N–H and O–H groups in total. The summed E-state index contributed by atoms with van der Waals surface area (Å²) < 4.78 is 5.26. The van der Waals surface area contributed by atoms with E-state index in [1.165, 1.54) is 19.3 Å². The van der Waals surface area contributed by atoms with Gasteiger partial charge in [-0.3, -0.25) is 9.79 Å². The number of nitrogens with zero attached hydrogens (tertiary/aromatic N) is 2. The standard InChI is InChI=1S/C22H36N4O2/c1-4-23-21(25-18-22(12-8-13-22)14-16-28-3)24-15-11-20(27)26(2)17-19-9-6-5-7-10-19/h5-7,9-10H,4,8,11-18H2,1-3H3,(H2,23,24,25). The van der Waals surface area contributed by atoms with Gasteiger partial charge in [-0.25, -0.2) is 0 Å². The molecule has 1 aromatic carbocycles. The molecule has 1 fully saturated rings. The maximum Gasteiger partial charge on any atom is 0.224 e. The van der Waals surface area contributed by atoms with Gasteiger partial charge in [-0.1, -0.05) is 36.8 Å². The van der Waals surface area contributed by atoms with Crippen molar-refractivity contribution in [3.8, 4) is 0 Å². The zero-order chi connectivity index (χ0) is 20.2. The van der Waals surface area contributed by atoms with Gasteiger partial charge in [0, 0.05) is 53.4 Å². The Bertz CT molecular complexity index is 614. The number of carbonyl (C=O) groups is 1. The average Bonchev–Trinajstić information content (AvgIpc) is 2.67. The van der Waals surface area contributed by atoms with Gasteiger partial charge >= 0.3 is 0 Å². The van der Waals surface area contributed by atoms with Crippen molar-refractivity contribution < 1.29 is 9.53 Å². The van der Waals surface area contributed by atoms with E-state index in [0.717, 1.165) is 37.6 Å². The lowest BCUT2D eigenvalue weighted by molar-refractivity contribution is -0.130. The van der Waals surface area contributed by atoms with Gasteiger partial charge < -0.3 is 20.3 Å². The minimum atomic E-state index is 0.128. The van der Waals surface area contributed by atoms with Gasteiger partial charge in [0.15, 0.2) is 5.96 Å². The van der Waals surface area contributed by atoms with Crippen molar-refractivity contribution in [3.63, 3.8) is 0 Å². The molecule has 0 unspecified atom stereocenters. The van der Waals surface area contributed by atoms with E-state index in [-0.39, 0.29) is 5.91 Å². The summed E-state index contributed by atoms with van der Waals surface area (Å²) in [6.45, 7) is 5.68. The molecule has 0 radical (unpaired) electrons. The van der Waals surface area contributed by atoms with Crippen LogP contribution in [-0.4, -0.2) is 57.2 Å². The number of aliphatic imine (C=N–C) groups is 1. The molecule has 1 saturated carbocycles. The van der Waals surface area contributed by atoms with Gasteiger partial charge in [0.2, 0.25) is 5.91 Å². The number of carbonyl (C=O) groups excluding carboxylic acids is 1. The molecule has 0 aliphatic heterocycles. The molecule has 6 nitrogen and oxygen atoms in total. The van der Waals surface area contributed by atoms with Crippen LogP contribution in [0.4, 0.5) is 0 Å². The minimum absolute atomic E-state index is 0.128. The fourth-order valence-electron chi connectivity index (χ4n) is 3.50. The molecule has 28 heavy (non-hydrogen) atoms. The number of benzene rings is 1. The molecule has 2 rings (SSSR count). The highest BCUT2D eigenvalue weighted by molar-refractivity contribution is 5.81. The number of guanidine groups is 1. The first-order valence-corrected chi connectivity index (χ1v) is 10.4. The Morgan fingerprint density at radius 3 is 2.61 bits per heavy atom. The Balaban J connectivity index is 1.78. The number of rotatable bonds is 11. The summed E-state index contributed by atoms with van der Waals surface area (Å²) in [4.78, 5) is 18.9. The fourth-order valence-corrected chi connectivity index (χ4v) is 3.50. The molecule has 0 aromatic heterocycles. The number of methoxy groups -OCH3 is 1. The maximum atomic E-state index is 12.4. The Kier molecular flexibility index (Phi) is 9.28. The summed E-state index contributed by atoms with van der Waals surface area (Å²) in [5.41, 5.74) is 1.44. The predicted octanol–water partition coefficient (Wildman–Crippen LogP) is 2.80. The molecule has 0 atom stereocenters. The third-order valence-corrected chi connectivity index (χ3v) is 5.49. The lowest BCUT2D eigenvalue weighted by atomic mass is 9.67. The van der Waals surface area contributed by atoms with Crippen LogP contribution in [-0.2, 0) is 16.1 Å². The van der Waals surface area contributed by atoms with Gasteiger partial charge in [-0.2, -0.15) is 0 Å². The van der Waals surface area contributed by atoms with Crippen molar-refractivity contribution in [2.45, 2.75) is 45.6 Å². The van der Waals surface area contributed by atoms with Gasteiger partial charge in [0.1, 0.15) is 0 Å². The molecule has 0 spiro atoms. The lowest BCUT2D eigenvalue weighted by Gasteiger charge is -2.40. The highest BCUT2D eigenvalue weighted by Crippen LogP contribution is 2.44. The number of hydrogen-bond acceptors (Lipinski definition) is 3. The van der Waals surface area contributed by atoms with Crippen molar-refractivity contribution in [2.24, 2.45) is 10.4 Å². The normalized spacial score (nSPS) is 15.6. The molecular weight excluding hydrogens is 352 g/mol. The van der Waals surface area contributed by atoms with Crippen LogP contribution in [0.25, 0.3) is 0 Å². The zero-order valence-corrected chi connectivity index (χ0v) is 17.7. The molecule has 0 bridgehead atoms. The van der Waals surface area contributed by atoms with E-state index in [9.17, 15) is 4.79 Å². The van der Waals surface area contributed by atoms with Crippen LogP contribution >= 0.6 is 0 Å². The average molecular weight is 389 g/mol. The Morgan fingerprint density at radius 1 is 1.25 bits per heavy atom. The molecule has 0 saturated heterocycles. The fraction of sp³-hybridized carbons (Fsp3) is 0.636. The van der Waals surface area contributed by atoms with Crippen LogP contribution in [0.3, 0.4) is 0 Å². The lowest BCUT2D eigenvalue weighted by Crippen LogP contribution is -2.41. The highest BCUT2D eigenvalue weighted by Gasteiger charge is 2.36. The van der Waals surface area contributed by atoms with Crippen molar-refractivity contribution in [2.75, 3.05) is 40.4 Å². The van der Waals surface area contributed by atoms with Crippen LogP contribution in [0, 0.1) is 5.41 Å². The second-order valence-corrected chi connectivity index (χ2v) is 7.70. The van der Waals surface area contributed by atoms with Gasteiger partial charge in [-0.05, 0) is 37.2 Å². The topological polar surface area (TPSA) is 66.0 Å². The van der Waals surface area contributed by atoms with Gasteiger partial charge in [0.25, 0.3) is 0 Å². The quantitative estimate of drug-likeness (QED) is 0.452. The minimum Gasteiger partial charge on any atom is -0.385 e. The summed E-state index contributed by atoms with van der Waals surface area (Å²) in [7, 11) is 3.61. The number of hydrogen-bond donors (Lipinski definition) is 2. The summed E-state index contributed by atoms with van der Waals surface area (Å²) in [5, 5.41) is 6.59. The van der Waals surface area contributed by atoms with E-state index in [1.807, 2.05) is 37.4 Å². The molecule has 6 heteroatoms. The van der Waals surface area contributed by atoms with Gasteiger partial charge in [0.05, 0.1) is 0 Å². The Morgan fingerprint density at radius 2 is 2.00 bits per heavy atom. The van der Waals surface area contributed by atoms with E-state index in [1.54, 1.807) is 12.0 Å². The summed E-state index contributed by atoms with van der Waals surface area (Å²) in [5.74, 6) is 0.924. The van der Waals surface area contributed by atoms with Crippen molar-refractivity contribution in [1.82, 2.24) is 15.5 Å². The Hall–Kier alpha value is -2.08. The van der Waals surface area contributed by atoms with Crippen LogP contribution in [0.1, 0.15) is 44.6 Å². The van der Waals surface area contributed by atoms with Crippen molar-refractivity contribution >= 4 is 11.9 Å². The Labute approximate surface area is 169 Å². The van der Waals surface area contributed by atoms with E-state index in [4.69, 9.17) is 9.73 Å². The van der Waals surface area contributed by atoms with E-state index < -0.39 is 0 Å². The first-order chi connectivity index (χ1) is 13.6. The largest absolute Gasteiger partial charge is 0.385 e. The maximum absolute atomic E-state index is 12.4. The van der Waals surface area contributed by atoms with E-state index in [2.05, 4.69) is 17.6 Å². The second-order valence-electron chi connectivity index (χ2n) is 7.70. The summed E-state index contributed by atoms with van der Waals surface area (Å²) >= 11 is 0.